The number of aromatic nitrogens is 1. The predicted molar refractivity (Wildman–Crippen MR) is 184 cm³/mol. The van der Waals surface area contributed by atoms with Crippen molar-refractivity contribution in [2.24, 2.45) is 0 Å². The highest BCUT2D eigenvalue weighted by Gasteiger charge is 2.33. The highest BCUT2D eigenvalue weighted by molar-refractivity contribution is 6.03. The first-order chi connectivity index (χ1) is 22.3. The van der Waals surface area contributed by atoms with E-state index in [0.29, 0.717) is 0 Å². The maximum absolute atomic E-state index is 15.0. The molecular weight excluding hydrogens is 552 g/mol. The van der Waals surface area contributed by atoms with E-state index < -0.39 is 0 Å². The Kier molecular flexibility index (Phi) is 9.08. The Morgan fingerprint density at radius 3 is 1.80 bits per heavy atom. The molecule has 7 rings (SSSR count). The van der Waals surface area contributed by atoms with Gasteiger partial charge >= 0.3 is 0 Å². The van der Waals surface area contributed by atoms with Gasteiger partial charge in [-0.15, -0.1) is 0 Å². The van der Waals surface area contributed by atoms with Gasteiger partial charge in [-0.3, -0.25) is 9.69 Å². The lowest BCUT2D eigenvalue weighted by Crippen LogP contribution is -2.49. The van der Waals surface area contributed by atoms with Crippen molar-refractivity contribution in [2.75, 3.05) is 45.8 Å². The molecule has 1 aromatic heterocycles. The van der Waals surface area contributed by atoms with E-state index in [-0.39, 0.29) is 11.8 Å². The smallest absolute Gasteiger partial charge is 0.270 e. The maximum atomic E-state index is 15.0. The minimum atomic E-state index is -0.0492. The number of piperidine rings is 1. The van der Waals surface area contributed by atoms with Crippen molar-refractivity contribution in [3.05, 3.63) is 143 Å². The molecule has 3 heterocycles. The highest BCUT2D eigenvalue weighted by Crippen LogP contribution is 2.40. The summed E-state index contributed by atoms with van der Waals surface area (Å²) in [7, 11) is 0. The zero-order chi connectivity index (χ0) is 30.4. The largest absolute Gasteiger partial charge is 0.335 e. The molecule has 2 aliphatic rings. The summed E-state index contributed by atoms with van der Waals surface area (Å²) in [6, 6.07) is 40.9. The van der Waals surface area contributed by atoms with Crippen LogP contribution in [0, 0.1) is 0 Å². The summed E-state index contributed by atoms with van der Waals surface area (Å²) >= 11 is 0. The highest BCUT2D eigenvalue weighted by atomic mass is 16.2. The topological polar surface area (TPSA) is 31.7 Å². The first-order valence-electron chi connectivity index (χ1n) is 16.7. The van der Waals surface area contributed by atoms with E-state index in [9.17, 15) is 4.79 Å². The van der Waals surface area contributed by atoms with Gasteiger partial charge in [0.05, 0.1) is 0 Å². The Balaban J connectivity index is 1.30. The fraction of sp³-hybridized carbons (Fsp3) is 0.325. The van der Waals surface area contributed by atoms with E-state index in [4.69, 9.17) is 0 Å². The first-order valence-corrected chi connectivity index (χ1v) is 16.7. The SMILES string of the molecule is O=C(c1c(C(c2ccccc2)c2ccccc2)c2ccccc2n1CCN1CCCCC1)N1CCN(Cc2ccccc2)CC1. The zero-order valence-corrected chi connectivity index (χ0v) is 26.2. The Labute approximate surface area is 267 Å². The van der Waals surface area contributed by atoms with Gasteiger partial charge in [0.1, 0.15) is 5.69 Å². The molecule has 4 aromatic carbocycles. The summed E-state index contributed by atoms with van der Waals surface area (Å²) in [4.78, 5) is 22.1. The van der Waals surface area contributed by atoms with E-state index in [1.165, 1.54) is 41.3 Å². The summed E-state index contributed by atoms with van der Waals surface area (Å²) in [6.45, 7) is 8.23. The molecule has 5 heteroatoms. The van der Waals surface area contributed by atoms with E-state index >= 15 is 0 Å². The Morgan fingerprint density at radius 2 is 1.16 bits per heavy atom. The van der Waals surface area contributed by atoms with Gasteiger partial charge in [0.2, 0.25) is 0 Å². The van der Waals surface area contributed by atoms with Gasteiger partial charge in [0.15, 0.2) is 0 Å². The van der Waals surface area contributed by atoms with Crippen LogP contribution in [0.25, 0.3) is 10.9 Å². The minimum Gasteiger partial charge on any atom is -0.335 e. The molecule has 0 atom stereocenters. The molecule has 2 aliphatic heterocycles. The van der Waals surface area contributed by atoms with Crippen LogP contribution in [-0.4, -0.2) is 71.0 Å². The number of hydrogen-bond acceptors (Lipinski definition) is 3. The fourth-order valence-electron chi connectivity index (χ4n) is 7.43. The van der Waals surface area contributed by atoms with Crippen LogP contribution in [0.3, 0.4) is 0 Å². The number of carbonyl (C=O) groups excluding carboxylic acids is 1. The Hall–Kier alpha value is -4.19. The second-order valence-electron chi connectivity index (χ2n) is 12.6. The van der Waals surface area contributed by atoms with Gasteiger partial charge in [0.25, 0.3) is 5.91 Å². The normalized spacial score (nSPS) is 16.4. The number of carbonyl (C=O) groups is 1. The molecule has 45 heavy (non-hydrogen) atoms. The number of para-hydroxylation sites is 1. The summed E-state index contributed by atoms with van der Waals surface area (Å²) < 4.78 is 2.37. The number of amides is 1. The third kappa shape index (κ3) is 6.47. The molecule has 0 spiro atoms. The third-order valence-electron chi connectivity index (χ3n) is 9.76. The number of benzene rings is 4. The van der Waals surface area contributed by atoms with Crippen molar-refractivity contribution in [3.63, 3.8) is 0 Å². The second kappa shape index (κ2) is 13.8. The van der Waals surface area contributed by atoms with Gasteiger partial charge in [-0.25, -0.2) is 0 Å². The maximum Gasteiger partial charge on any atom is 0.270 e. The molecule has 2 fully saturated rings. The minimum absolute atomic E-state index is 0.0492. The number of fused-ring (bicyclic) bond motifs is 1. The van der Waals surface area contributed by atoms with Gasteiger partial charge in [0, 0.05) is 68.2 Å². The van der Waals surface area contributed by atoms with E-state index in [1.54, 1.807) is 0 Å². The van der Waals surface area contributed by atoms with E-state index in [0.717, 1.165) is 75.7 Å². The second-order valence-corrected chi connectivity index (χ2v) is 12.6. The van der Waals surface area contributed by atoms with Gasteiger partial charge in [-0.1, -0.05) is 116 Å². The number of likely N-dealkylation sites (tertiary alicyclic amines) is 1. The van der Waals surface area contributed by atoms with Crippen molar-refractivity contribution in [1.82, 2.24) is 19.3 Å². The molecule has 230 valence electrons. The number of piperazine rings is 1. The average Bonchev–Trinajstić information content (AvgIpc) is 3.43. The standard InChI is InChI=1S/C40H44N4O/c45-40(43-28-25-42(26-29-43)31-32-15-5-1-6-16-32)39-38(37(33-17-7-2-8-18-33)34-19-9-3-10-20-34)35-21-11-12-22-36(35)44(39)30-27-41-23-13-4-14-24-41/h1-3,5-12,15-22,37H,4,13-14,23-31H2. The van der Waals surface area contributed by atoms with Crippen LogP contribution in [0.5, 0.6) is 0 Å². The molecule has 0 saturated carbocycles. The van der Waals surface area contributed by atoms with Crippen LogP contribution in [0.4, 0.5) is 0 Å². The van der Waals surface area contributed by atoms with Crippen molar-refractivity contribution in [3.8, 4) is 0 Å². The van der Waals surface area contributed by atoms with Crippen LogP contribution in [-0.2, 0) is 13.1 Å². The molecule has 0 bridgehead atoms. The lowest BCUT2D eigenvalue weighted by Gasteiger charge is -2.35. The van der Waals surface area contributed by atoms with Gasteiger partial charge in [-0.2, -0.15) is 0 Å². The summed E-state index contributed by atoms with van der Waals surface area (Å²) in [6.07, 6.45) is 3.85. The lowest BCUT2D eigenvalue weighted by molar-refractivity contribution is 0.0616. The molecule has 5 aromatic rings. The number of hydrogen-bond donors (Lipinski definition) is 0. The molecule has 0 unspecified atom stereocenters. The third-order valence-corrected chi connectivity index (χ3v) is 9.76. The van der Waals surface area contributed by atoms with Crippen LogP contribution in [0.2, 0.25) is 0 Å². The molecule has 0 radical (unpaired) electrons. The molecule has 1 amide bonds. The number of rotatable bonds is 9. The van der Waals surface area contributed by atoms with Crippen LogP contribution >= 0.6 is 0 Å². The van der Waals surface area contributed by atoms with Crippen LogP contribution in [0.1, 0.15) is 57.9 Å². The summed E-state index contributed by atoms with van der Waals surface area (Å²) in [5.74, 6) is 0.114. The van der Waals surface area contributed by atoms with E-state index in [1.807, 2.05) is 0 Å². The van der Waals surface area contributed by atoms with E-state index in [2.05, 4.69) is 135 Å². The molecule has 0 N–H and O–H groups in total. The van der Waals surface area contributed by atoms with Crippen molar-refractivity contribution in [1.29, 1.82) is 0 Å². The molecular formula is C40H44N4O. The molecule has 2 saturated heterocycles. The molecule has 0 aliphatic carbocycles. The lowest BCUT2D eigenvalue weighted by atomic mass is 9.83. The quantitative estimate of drug-likeness (QED) is 0.179. The number of nitrogens with zero attached hydrogens (tertiary/aromatic N) is 4. The molecule has 5 nitrogen and oxygen atoms in total. The van der Waals surface area contributed by atoms with Crippen molar-refractivity contribution >= 4 is 16.8 Å². The monoisotopic (exact) mass is 596 g/mol. The predicted octanol–water partition coefficient (Wildman–Crippen LogP) is 7.27. The van der Waals surface area contributed by atoms with Crippen molar-refractivity contribution in [2.45, 2.75) is 38.3 Å². The van der Waals surface area contributed by atoms with Crippen LogP contribution in [0.15, 0.2) is 115 Å². The van der Waals surface area contributed by atoms with Gasteiger partial charge in [-0.05, 0) is 48.7 Å². The summed E-state index contributed by atoms with van der Waals surface area (Å²) in [5.41, 5.74) is 6.91. The Bertz CT molecular complexity index is 1640. The zero-order valence-electron chi connectivity index (χ0n) is 26.2. The van der Waals surface area contributed by atoms with Gasteiger partial charge < -0.3 is 14.4 Å². The first kappa shape index (κ1) is 29.5. The van der Waals surface area contributed by atoms with Crippen molar-refractivity contribution < 1.29 is 4.79 Å². The summed E-state index contributed by atoms with van der Waals surface area (Å²) in [5, 5.41) is 1.18. The average molecular weight is 597 g/mol. The fourth-order valence-corrected chi connectivity index (χ4v) is 7.43. The van der Waals surface area contributed by atoms with Crippen LogP contribution < -0.4 is 0 Å². The Morgan fingerprint density at radius 1 is 0.578 bits per heavy atom.